The van der Waals surface area contributed by atoms with Crippen molar-refractivity contribution in [3.8, 4) is 0 Å². The van der Waals surface area contributed by atoms with Crippen molar-refractivity contribution in [3.05, 3.63) is 42.1 Å². The average molecular weight is 1170 g/mol. The van der Waals surface area contributed by atoms with Crippen LogP contribution < -0.4 is 0 Å². The minimum absolute atomic E-state index is 0. The summed E-state index contributed by atoms with van der Waals surface area (Å²) < 4.78 is 23.2. The Morgan fingerprint density at radius 2 is 1.07 bits per heavy atom. The third kappa shape index (κ3) is 56.1. The number of hydrogen-bond acceptors (Lipinski definition) is 11. The Hall–Kier alpha value is -3.53. The number of esters is 2. The molecule has 0 N–H and O–H groups in total. The van der Waals surface area contributed by atoms with Gasteiger partial charge in [-0.05, 0) is 109 Å². The minimum atomic E-state index is -0.238. The molecule has 2 unspecified atom stereocenters. The summed E-state index contributed by atoms with van der Waals surface area (Å²) in [5, 5.41) is 0. The molecule has 488 valence electrons. The van der Waals surface area contributed by atoms with Crippen LogP contribution in [0.2, 0.25) is 0 Å². The number of carbonyl (C=O) groups is 5. The normalized spacial score (nSPS) is 16.6. The number of unbranched alkanes of at least 4 members (excludes halogenated alkanes) is 21. The fourth-order valence-electron chi connectivity index (χ4n) is 9.90. The molecule has 0 radical (unpaired) electrons. The first kappa shape index (κ1) is 85.9. The summed E-state index contributed by atoms with van der Waals surface area (Å²) >= 11 is 0. The van der Waals surface area contributed by atoms with E-state index in [4.69, 9.17) is 18.9 Å². The summed E-state index contributed by atoms with van der Waals surface area (Å²) in [6.45, 7) is 30.4. The quantitative estimate of drug-likeness (QED) is 0.0190. The molecule has 11 nitrogen and oxygen atoms in total. The van der Waals surface area contributed by atoms with E-state index in [1.165, 1.54) is 129 Å². The molecule has 0 aromatic carbocycles. The summed E-state index contributed by atoms with van der Waals surface area (Å²) in [6.07, 6.45) is 42.6. The second-order valence-electron chi connectivity index (χ2n) is 23.5. The topological polar surface area (TPSA) is 129 Å². The van der Waals surface area contributed by atoms with Crippen LogP contribution >= 0.6 is 0 Å². The lowest BCUT2D eigenvalue weighted by atomic mass is 9.72. The number of ketones is 3. The Morgan fingerprint density at radius 3 is 1.52 bits per heavy atom. The molecule has 2 rings (SSSR count). The smallest absolute Gasteiger partial charge is 0.320 e. The number of rotatable bonds is 46. The highest BCUT2D eigenvalue weighted by molar-refractivity contribution is 5.89. The molecule has 2 aliphatic rings. The van der Waals surface area contributed by atoms with Crippen LogP contribution in [0, 0.1) is 23.7 Å². The number of hydrogen-bond donors (Lipinski definition) is 0. The van der Waals surface area contributed by atoms with E-state index in [0.29, 0.717) is 89.1 Å². The third-order valence-corrected chi connectivity index (χ3v) is 15.4. The molecule has 0 spiro atoms. The number of nitrogens with zero attached hydrogens (tertiary/aromatic N) is 2. The number of carbonyl (C=O) groups excluding carboxylic acids is 5. The Morgan fingerprint density at radius 1 is 0.578 bits per heavy atom. The first-order valence-corrected chi connectivity index (χ1v) is 33.4. The maximum absolute atomic E-state index is 12.9. The average Bonchev–Trinajstić information content (AvgIpc) is 3.95. The number of Topliss-reactive ketones (excluding diaryl/α,β-unsaturated/α-hetero) is 2. The van der Waals surface area contributed by atoms with E-state index >= 15 is 0 Å². The fraction of sp³-hybridized carbons (Fsp3) is 0.833. The summed E-state index contributed by atoms with van der Waals surface area (Å²) in [4.78, 5) is 63.1. The molecule has 11 heteroatoms. The molecule has 83 heavy (non-hydrogen) atoms. The molecular weight excluding hydrogens is 1040 g/mol. The van der Waals surface area contributed by atoms with Crippen LogP contribution in [0.15, 0.2) is 42.1 Å². The Labute approximate surface area is 514 Å². The summed E-state index contributed by atoms with van der Waals surface area (Å²) in [5.41, 5.74) is 2.95. The van der Waals surface area contributed by atoms with Crippen LogP contribution in [0.4, 0.5) is 0 Å². The molecule has 2 fully saturated rings. The summed E-state index contributed by atoms with van der Waals surface area (Å²) in [6, 6.07) is 0. The van der Waals surface area contributed by atoms with Gasteiger partial charge in [0.05, 0.1) is 46.1 Å². The van der Waals surface area contributed by atoms with Crippen molar-refractivity contribution >= 4 is 29.3 Å². The highest BCUT2D eigenvalue weighted by Crippen LogP contribution is 2.35. The number of likely N-dealkylation sites (tertiary alicyclic amines) is 1. The molecule has 0 bridgehead atoms. The Kier molecular flexibility index (Phi) is 65.2. The maximum Gasteiger partial charge on any atom is 0.320 e. The predicted molar refractivity (Wildman–Crippen MR) is 354 cm³/mol. The lowest BCUT2D eigenvalue weighted by Gasteiger charge is -2.34. The second-order valence-corrected chi connectivity index (χ2v) is 23.5. The second kappa shape index (κ2) is 63.0. The van der Waals surface area contributed by atoms with E-state index in [2.05, 4.69) is 65.8 Å². The molecule has 1 aliphatic heterocycles. The lowest BCUT2D eigenvalue weighted by Crippen LogP contribution is -2.36. The van der Waals surface area contributed by atoms with E-state index in [9.17, 15) is 24.0 Å². The van der Waals surface area contributed by atoms with Crippen LogP contribution in [-0.4, -0.2) is 105 Å². The van der Waals surface area contributed by atoms with Gasteiger partial charge in [-0.2, -0.15) is 0 Å². The van der Waals surface area contributed by atoms with Crippen molar-refractivity contribution in [1.29, 1.82) is 0 Å². The van der Waals surface area contributed by atoms with Gasteiger partial charge in [0.25, 0.3) is 0 Å². The van der Waals surface area contributed by atoms with Crippen LogP contribution in [0.3, 0.4) is 0 Å². The number of allylic oxidation sites excluding steroid dienone is 3. The van der Waals surface area contributed by atoms with Crippen molar-refractivity contribution in [2.24, 2.45) is 23.7 Å². The highest BCUT2D eigenvalue weighted by Gasteiger charge is 2.33. The maximum atomic E-state index is 12.9. The Bertz CT molecular complexity index is 1650. The van der Waals surface area contributed by atoms with Gasteiger partial charge in [-0.15, -0.1) is 0 Å². The zero-order chi connectivity index (χ0) is 60.6. The van der Waals surface area contributed by atoms with E-state index in [1.54, 1.807) is 13.0 Å². The SMILES string of the molecule is C.C.C=C=C(CN(CC(=O)OCCCCCCCC)C/C(=C\C)OC[C@@H]1CC[C@@H](C)CC1C(=O)CC)OCCCCCCCC.CC1CCN(C)C1.CCC(C)=O.CCCCCCCC/C=C\C(=O)CCCC(=O)OCCCCCCCC. The molecule has 1 saturated carbocycles. The molecule has 0 amide bonds. The first-order chi connectivity index (χ1) is 39.1. The molecule has 1 aliphatic carbocycles. The molecule has 0 aromatic rings. The van der Waals surface area contributed by atoms with E-state index in [-0.39, 0.29) is 56.7 Å². The van der Waals surface area contributed by atoms with Crippen LogP contribution in [0.25, 0.3) is 0 Å². The van der Waals surface area contributed by atoms with Gasteiger partial charge in [-0.25, -0.2) is 0 Å². The Balaban J connectivity index is -0.000000655. The third-order valence-electron chi connectivity index (χ3n) is 15.4. The minimum Gasteiger partial charge on any atom is -0.497 e. The van der Waals surface area contributed by atoms with Gasteiger partial charge >= 0.3 is 11.9 Å². The van der Waals surface area contributed by atoms with Crippen LogP contribution in [-0.2, 0) is 42.9 Å². The van der Waals surface area contributed by atoms with Crippen LogP contribution in [0.5, 0.6) is 0 Å². The van der Waals surface area contributed by atoms with Gasteiger partial charge in [-0.1, -0.05) is 223 Å². The standard InChI is InChI=1S/C37H65NO5.C23H42O3.C6H13N.C4H8O.2CH4/c1-7-12-14-16-18-20-24-41-33(9-3)27-38(29-37(40)42-25-21-19-17-15-13-8-2)28-34(10-4)43-30-32-23-22-31(6)26-35(32)36(39)11-5;1-3-5-7-9-11-12-13-15-18-22(24)19-17-20-23(25)26-21-16-14-10-8-6-4-2;1-6-3-4-7(2)5-6;1-3-4(2)5;;/h10,31-32,35H,3,7-8,11-30H2,1-2,4-6H3;15,18H,3-14,16-17,19-21H2,1-2H3;6H,3-5H2,1-2H3;3H2,1-2H3;2*1H4/b34-10+;18-15-;;;;/t31-,32+,35?;;;;;/m1...../s1. The first-order valence-electron chi connectivity index (χ1n) is 33.4. The largest absolute Gasteiger partial charge is 0.497 e. The predicted octanol–water partition coefficient (Wildman–Crippen LogP) is 19.3. The zero-order valence-corrected chi connectivity index (χ0v) is 54.7. The summed E-state index contributed by atoms with van der Waals surface area (Å²) in [7, 11) is 2.18. The van der Waals surface area contributed by atoms with E-state index in [0.717, 1.165) is 82.3 Å². The zero-order valence-electron chi connectivity index (χ0n) is 54.7. The van der Waals surface area contributed by atoms with Gasteiger partial charge < -0.3 is 28.6 Å². The molecule has 1 saturated heterocycles. The van der Waals surface area contributed by atoms with Gasteiger partial charge in [0.1, 0.15) is 17.3 Å². The lowest BCUT2D eigenvalue weighted by molar-refractivity contribution is -0.145. The monoisotopic (exact) mass is 1170 g/mol. The van der Waals surface area contributed by atoms with Gasteiger partial charge in [0.2, 0.25) is 0 Å². The van der Waals surface area contributed by atoms with Gasteiger partial charge in [0, 0.05) is 44.1 Å². The molecule has 4 atom stereocenters. The van der Waals surface area contributed by atoms with E-state index < -0.39 is 0 Å². The van der Waals surface area contributed by atoms with Crippen molar-refractivity contribution in [2.75, 3.05) is 66.2 Å². The molecule has 1 heterocycles. The van der Waals surface area contributed by atoms with Gasteiger partial charge in [0.15, 0.2) is 11.5 Å². The number of ether oxygens (including phenoxy) is 4. The molecular formula is C72H136N2O9. The van der Waals surface area contributed by atoms with Crippen LogP contribution in [0.1, 0.15) is 302 Å². The van der Waals surface area contributed by atoms with Gasteiger partial charge in [-0.3, -0.25) is 24.1 Å². The van der Waals surface area contributed by atoms with Crippen molar-refractivity contribution < 1.29 is 42.9 Å². The van der Waals surface area contributed by atoms with E-state index in [1.807, 2.05) is 37.8 Å². The summed E-state index contributed by atoms with van der Waals surface area (Å²) in [5.74, 6) is 3.60. The van der Waals surface area contributed by atoms with Crippen molar-refractivity contribution in [2.45, 2.75) is 302 Å². The van der Waals surface area contributed by atoms with Crippen molar-refractivity contribution in [1.82, 2.24) is 9.80 Å². The molecule has 0 aromatic heterocycles. The van der Waals surface area contributed by atoms with Crippen molar-refractivity contribution in [3.63, 3.8) is 0 Å². The highest BCUT2D eigenvalue weighted by atomic mass is 16.5. The fourth-order valence-corrected chi connectivity index (χ4v) is 9.90.